The number of hydrazone groups is 1. The van der Waals surface area contributed by atoms with Gasteiger partial charge in [0.15, 0.2) is 17.3 Å². The number of hydrogen-bond donors (Lipinski definition) is 2. The summed E-state index contributed by atoms with van der Waals surface area (Å²) in [6, 6.07) is 14.1. The van der Waals surface area contributed by atoms with E-state index in [0.29, 0.717) is 28.6 Å². The molecule has 146 valence electrons. The van der Waals surface area contributed by atoms with Gasteiger partial charge in [0.25, 0.3) is 0 Å². The molecule has 3 aromatic rings. The first kappa shape index (κ1) is 19.6. The number of nitrogens with zero attached hydrogens (tertiary/aromatic N) is 4. The van der Waals surface area contributed by atoms with Crippen LogP contribution in [0.2, 0.25) is 0 Å². The van der Waals surface area contributed by atoms with Crippen LogP contribution >= 0.6 is 0 Å². The summed E-state index contributed by atoms with van der Waals surface area (Å²) in [5.41, 5.74) is 4.79. The van der Waals surface area contributed by atoms with Crippen molar-refractivity contribution in [2.75, 3.05) is 19.6 Å². The number of aromatic hydroxyl groups is 1. The summed E-state index contributed by atoms with van der Waals surface area (Å²) in [5, 5.41) is 23.1. The lowest BCUT2D eigenvalue weighted by molar-refractivity contribution is 0.354. The average Bonchev–Trinajstić information content (AvgIpc) is 2.76. The van der Waals surface area contributed by atoms with Crippen molar-refractivity contribution in [2.45, 2.75) is 5.92 Å². The maximum absolute atomic E-state index is 9.70. The third-order valence-corrected chi connectivity index (χ3v) is 4.10. The van der Waals surface area contributed by atoms with Gasteiger partial charge in [0.2, 0.25) is 0 Å². The van der Waals surface area contributed by atoms with Crippen LogP contribution in [0.1, 0.15) is 22.7 Å². The van der Waals surface area contributed by atoms with Gasteiger partial charge in [-0.1, -0.05) is 6.07 Å². The molecule has 0 bridgehead atoms. The standard InChI is InChI=1S/C21H19N5O3/c1-28-19-8-5-15(9-20(19)29-2)17(10-22)18-12-23-13-21(25-18)26-24-11-14-3-6-16(27)7-4-14/h3-9,11-13,17,27H,1-2H3,(H,25,26)/b24-11+/t17-/m1/s1. The lowest BCUT2D eigenvalue weighted by Gasteiger charge is -2.13. The van der Waals surface area contributed by atoms with Crippen molar-refractivity contribution in [1.82, 2.24) is 9.97 Å². The van der Waals surface area contributed by atoms with Crippen LogP contribution in [0, 0.1) is 11.3 Å². The molecular weight excluding hydrogens is 370 g/mol. The fraction of sp³-hybridized carbons (Fsp3) is 0.143. The van der Waals surface area contributed by atoms with Crippen LogP contribution in [0.25, 0.3) is 0 Å². The molecule has 0 saturated heterocycles. The SMILES string of the molecule is COc1ccc([C@@H](C#N)c2cncc(N/N=C/c3ccc(O)cc3)n2)cc1OC. The molecule has 8 nitrogen and oxygen atoms in total. The normalized spacial score (nSPS) is 11.6. The molecule has 0 fully saturated rings. The number of anilines is 1. The van der Waals surface area contributed by atoms with E-state index in [-0.39, 0.29) is 5.75 Å². The van der Waals surface area contributed by atoms with Gasteiger partial charge in [-0.25, -0.2) is 4.98 Å². The fourth-order valence-corrected chi connectivity index (χ4v) is 2.65. The molecule has 0 aliphatic heterocycles. The number of ether oxygens (including phenoxy) is 2. The summed E-state index contributed by atoms with van der Waals surface area (Å²) in [6.07, 6.45) is 4.64. The van der Waals surface area contributed by atoms with Crippen LogP contribution in [0.4, 0.5) is 5.82 Å². The molecule has 0 saturated carbocycles. The Hall–Kier alpha value is -4.12. The number of rotatable bonds is 7. The second-order valence-corrected chi connectivity index (χ2v) is 5.97. The zero-order valence-electron chi connectivity index (χ0n) is 15.9. The van der Waals surface area contributed by atoms with E-state index in [2.05, 4.69) is 26.6 Å². The van der Waals surface area contributed by atoms with Crippen molar-refractivity contribution >= 4 is 12.0 Å². The first-order chi connectivity index (χ1) is 14.1. The third-order valence-electron chi connectivity index (χ3n) is 4.10. The van der Waals surface area contributed by atoms with Gasteiger partial charge in [0.05, 0.1) is 44.6 Å². The van der Waals surface area contributed by atoms with Crippen LogP contribution in [0.15, 0.2) is 60.0 Å². The highest BCUT2D eigenvalue weighted by Crippen LogP contribution is 2.32. The van der Waals surface area contributed by atoms with Gasteiger partial charge in [-0.05, 0) is 47.5 Å². The second-order valence-electron chi connectivity index (χ2n) is 5.97. The monoisotopic (exact) mass is 389 g/mol. The Bertz CT molecular complexity index is 1040. The molecule has 0 aliphatic carbocycles. The topological polar surface area (TPSA) is 113 Å². The fourth-order valence-electron chi connectivity index (χ4n) is 2.65. The van der Waals surface area contributed by atoms with Crippen molar-refractivity contribution in [2.24, 2.45) is 5.10 Å². The first-order valence-electron chi connectivity index (χ1n) is 8.66. The van der Waals surface area contributed by atoms with E-state index >= 15 is 0 Å². The number of hydrogen-bond acceptors (Lipinski definition) is 8. The summed E-state index contributed by atoms with van der Waals surface area (Å²) in [6.45, 7) is 0. The zero-order valence-corrected chi connectivity index (χ0v) is 15.9. The number of nitrogens with one attached hydrogen (secondary N) is 1. The van der Waals surface area contributed by atoms with Crippen LogP contribution in [-0.2, 0) is 0 Å². The second kappa shape index (κ2) is 9.19. The lowest BCUT2D eigenvalue weighted by atomic mass is 9.97. The molecule has 0 unspecified atom stereocenters. The number of aromatic nitrogens is 2. The Balaban J connectivity index is 1.80. The highest BCUT2D eigenvalue weighted by Gasteiger charge is 2.18. The van der Waals surface area contributed by atoms with E-state index in [1.807, 2.05) is 0 Å². The van der Waals surface area contributed by atoms with Gasteiger partial charge in [-0.2, -0.15) is 10.4 Å². The summed E-state index contributed by atoms with van der Waals surface area (Å²) < 4.78 is 10.6. The van der Waals surface area contributed by atoms with Crippen LogP contribution in [0.5, 0.6) is 17.2 Å². The molecule has 29 heavy (non-hydrogen) atoms. The molecule has 2 N–H and O–H groups in total. The summed E-state index contributed by atoms with van der Waals surface area (Å²) in [4.78, 5) is 8.60. The van der Waals surface area contributed by atoms with Crippen molar-refractivity contribution in [3.05, 3.63) is 71.7 Å². The largest absolute Gasteiger partial charge is 0.508 e. The summed E-state index contributed by atoms with van der Waals surface area (Å²) >= 11 is 0. The van der Waals surface area contributed by atoms with Crippen molar-refractivity contribution in [3.8, 4) is 23.3 Å². The van der Waals surface area contributed by atoms with Crippen LogP contribution in [0.3, 0.4) is 0 Å². The Morgan fingerprint density at radius 2 is 1.86 bits per heavy atom. The molecule has 0 aliphatic rings. The van der Waals surface area contributed by atoms with Gasteiger partial charge in [0.1, 0.15) is 11.7 Å². The average molecular weight is 389 g/mol. The van der Waals surface area contributed by atoms with Crippen LogP contribution in [-0.4, -0.2) is 35.5 Å². The Morgan fingerprint density at radius 1 is 1.10 bits per heavy atom. The quantitative estimate of drug-likeness (QED) is 0.471. The zero-order chi connectivity index (χ0) is 20.6. The van der Waals surface area contributed by atoms with Gasteiger partial charge >= 0.3 is 0 Å². The van der Waals surface area contributed by atoms with Gasteiger partial charge in [-0.3, -0.25) is 10.4 Å². The minimum Gasteiger partial charge on any atom is -0.508 e. The smallest absolute Gasteiger partial charge is 0.165 e. The molecule has 0 radical (unpaired) electrons. The highest BCUT2D eigenvalue weighted by molar-refractivity contribution is 5.80. The molecule has 0 amide bonds. The van der Waals surface area contributed by atoms with Crippen molar-refractivity contribution < 1.29 is 14.6 Å². The van der Waals surface area contributed by atoms with Crippen LogP contribution < -0.4 is 14.9 Å². The lowest BCUT2D eigenvalue weighted by Crippen LogP contribution is -2.05. The van der Waals surface area contributed by atoms with Crippen molar-refractivity contribution in [1.29, 1.82) is 5.26 Å². The molecule has 1 atom stereocenters. The number of benzene rings is 2. The molecule has 0 spiro atoms. The van der Waals surface area contributed by atoms with Gasteiger partial charge in [0, 0.05) is 0 Å². The minimum absolute atomic E-state index is 0.186. The number of phenols is 1. The Kier molecular flexibility index (Phi) is 6.22. The molecular formula is C21H19N5O3. The molecule has 1 heterocycles. The van der Waals surface area contributed by atoms with E-state index in [1.165, 1.54) is 6.20 Å². The molecule has 1 aromatic heterocycles. The Labute approximate surface area is 168 Å². The highest BCUT2D eigenvalue weighted by atomic mass is 16.5. The molecule has 3 rings (SSSR count). The maximum atomic E-state index is 9.70. The number of phenolic OH excluding ortho intramolecular Hbond substituents is 1. The number of methoxy groups -OCH3 is 2. The van der Waals surface area contributed by atoms with Crippen molar-refractivity contribution in [3.63, 3.8) is 0 Å². The van der Waals surface area contributed by atoms with E-state index in [1.54, 1.807) is 69.1 Å². The van der Waals surface area contributed by atoms with E-state index in [0.717, 1.165) is 5.56 Å². The van der Waals surface area contributed by atoms with E-state index in [4.69, 9.17) is 9.47 Å². The van der Waals surface area contributed by atoms with Gasteiger partial charge in [-0.15, -0.1) is 0 Å². The maximum Gasteiger partial charge on any atom is 0.165 e. The summed E-state index contributed by atoms with van der Waals surface area (Å²) in [7, 11) is 3.10. The van der Waals surface area contributed by atoms with Gasteiger partial charge < -0.3 is 14.6 Å². The molecule has 8 heteroatoms. The molecule has 2 aromatic carbocycles. The van der Waals surface area contributed by atoms with E-state index < -0.39 is 5.92 Å². The first-order valence-corrected chi connectivity index (χ1v) is 8.66. The summed E-state index contributed by atoms with van der Waals surface area (Å²) in [5.74, 6) is 1.07. The Morgan fingerprint density at radius 3 is 2.55 bits per heavy atom. The van der Waals surface area contributed by atoms with E-state index in [9.17, 15) is 10.4 Å². The third kappa shape index (κ3) is 4.78. The number of nitriles is 1. The predicted octanol–water partition coefficient (Wildman–Crippen LogP) is 3.30. The predicted molar refractivity (Wildman–Crippen MR) is 108 cm³/mol. The minimum atomic E-state index is -0.634.